The lowest BCUT2D eigenvalue weighted by Crippen LogP contribution is -2.03. The van der Waals surface area contributed by atoms with E-state index in [1.54, 1.807) is 12.4 Å². The molecule has 1 aromatic carbocycles. The Balaban J connectivity index is 2.13. The van der Waals surface area contributed by atoms with Crippen molar-refractivity contribution >= 4 is 23.2 Å². The molecule has 0 fully saturated rings. The van der Waals surface area contributed by atoms with Gasteiger partial charge >= 0.3 is 0 Å². The molecule has 1 N–H and O–H groups in total. The zero-order chi connectivity index (χ0) is 11.8. The Morgan fingerprint density at radius 1 is 1.29 bits per heavy atom. The molecule has 0 unspecified atom stereocenters. The second-order valence-corrected chi connectivity index (χ2v) is 4.37. The van der Waals surface area contributed by atoms with Crippen molar-refractivity contribution < 1.29 is 4.79 Å². The average molecular weight is 245 g/mol. The number of fused-ring (bicyclic) bond motifs is 1. The van der Waals surface area contributed by atoms with Crippen LogP contribution < -0.4 is 5.32 Å². The molecule has 1 aliphatic heterocycles. The highest BCUT2D eigenvalue weighted by atomic mass is 35.5. The SMILES string of the molecule is O=C1Cc2cc(-c3cccnc3)cc(Cl)c2N1. The number of nitrogens with zero attached hydrogens (tertiary/aromatic N) is 1. The Bertz CT molecular complexity index is 596. The van der Waals surface area contributed by atoms with Crippen LogP contribution in [0.1, 0.15) is 5.56 Å². The Hall–Kier alpha value is -1.87. The molecule has 0 atom stereocenters. The maximum absolute atomic E-state index is 11.3. The lowest BCUT2D eigenvalue weighted by atomic mass is 10.0. The van der Waals surface area contributed by atoms with Gasteiger partial charge in [0.25, 0.3) is 0 Å². The van der Waals surface area contributed by atoms with Crippen molar-refractivity contribution in [2.45, 2.75) is 6.42 Å². The van der Waals surface area contributed by atoms with Gasteiger partial charge in [-0.3, -0.25) is 9.78 Å². The standard InChI is InChI=1S/C13H9ClN2O/c14-11-5-9(8-2-1-3-15-7-8)4-10-6-12(17)16-13(10)11/h1-5,7H,6H2,(H,16,17). The summed E-state index contributed by atoms with van der Waals surface area (Å²) in [4.78, 5) is 15.4. The zero-order valence-corrected chi connectivity index (χ0v) is 9.66. The number of hydrogen-bond acceptors (Lipinski definition) is 2. The van der Waals surface area contributed by atoms with Crippen LogP contribution in [0.2, 0.25) is 5.02 Å². The number of benzene rings is 1. The van der Waals surface area contributed by atoms with E-state index < -0.39 is 0 Å². The highest BCUT2D eigenvalue weighted by molar-refractivity contribution is 6.34. The number of carbonyl (C=O) groups is 1. The van der Waals surface area contributed by atoms with Crippen LogP contribution in [0.3, 0.4) is 0 Å². The second-order valence-electron chi connectivity index (χ2n) is 3.96. The van der Waals surface area contributed by atoms with Crippen molar-refractivity contribution in [1.82, 2.24) is 4.98 Å². The Morgan fingerprint density at radius 3 is 2.94 bits per heavy atom. The molecule has 84 valence electrons. The van der Waals surface area contributed by atoms with Crippen LogP contribution in [0.25, 0.3) is 11.1 Å². The smallest absolute Gasteiger partial charge is 0.228 e. The van der Waals surface area contributed by atoms with E-state index in [1.165, 1.54) is 0 Å². The van der Waals surface area contributed by atoms with Crippen molar-refractivity contribution in [3.05, 3.63) is 47.2 Å². The molecular formula is C13H9ClN2O. The predicted octanol–water partition coefficient (Wildman–Crippen LogP) is 2.90. The van der Waals surface area contributed by atoms with Crippen molar-refractivity contribution in [3.8, 4) is 11.1 Å². The third-order valence-corrected chi connectivity index (χ3v) is 3.08. The summed E-state index contributed by atoms with van der Waals surface area (Å²) in [7, 11) is 0. The summed E-state index contributed by atoms with van der Waals surface area (Å²) in [6.07, 6.45) is 3.90. The van der Waals surface area contributed by atoms with E-state index in [0.717, 1.165) is 22.4 Å². The monoisotopic (exact) mass is 244 g/mol. The number of rotatable bonds is 1. The minimum Gasteiger partial charge on any atom is -0.324 e. The molecule has 3 nitrogen and oxygen atoms in total. The summed E-state index contributed by atoms with van der Waals surface area (Å²) in [5.41, 5.74) is 3.67. The lowest BCUT2D eigenvalue weighted by molar-refractivity contribution is -0.115. The van der Waals surface area contributed by atoms with Gasteiger partial charge in [0, 0.05) is 18.0 Å². The fourth-order valence-electron chi connectivity index (χ4n) is 2.00. The normalized spacial score (nSPS) is 13.4. The molecule has 1 aliphatic rings. The minimum atomic E-state index is -0.00904. The van der Waals surface area contributed by atoms with Crippen LogP contribution in [-0.2, 0) is 11.2 Å². The Morgan fingerprint density at radius 2 is 2.18 bits per heavy atom. The lowest BCUT2D eigenvalue weighted by Gasteiger charge is -2.06. The van der Waals surface area contributed by atoms with Gasteiger partial charge in [0.15, 0.2) is 0 Å². The van der Waals surface area contributed by atoms with Gasteiger partial charge in [-0.15, -0.1) is 0 Å². The molecule has 0 saturated heterocycles. The highest BCUT2D eigenvalue weighted by Gasteiger charge is 2.21. The van der Waals surface area contributed by atoms with Crippen LogP contribution in [0.5, 0.6) is 0 Å². The molecule has 4 heteroatoms. The number of anilines is 1. The van der Waals surface area contributed by atoms with E-state index >= 15 is 0 Å². The molecular weight excluding hydrogens is 236 g/mol. The first-order valence-electron chi connectivity index (χ1n) is 5.27. The summed E-state index contributed by atoms with van der Waals surface area (Å²) in [6, 6.07) is 7.67. The minimum absolute atomic E-state index is 0.00904. The van der Waals surface area contributed by atoms with E-state index in [9.17, 15) is 4.79 Å². The fourth-order valence-corrected chi connectivity index (χ4v) is 2.29. The first-order valence-corrected chi connectivity index (χ1v) is 5.64. The number of pyridine rings is 1. The number of nitrogens with one attached hydrogen (secondary N) is 1. The van der Waals surface area contributed by atoms with Crippen LogP contribution in [0.15, 0.2) is 36.7 Å². The molecule has 1 aromatic heterocycles. The van der Waals surface area contributed by atoms with E-state index in [-0.39, 0.29) is 5.91 Å². The molecule has 0 spiro atoms. The summed E-state index contributed by atoms with van der Waals surface area (Å²) < 4.78 is 0. The van der Waals surface area contributed by atoms with Crippen LogP contribution in [0.4, 0.5) is 5.69 Å². The maximum Gasteiger partial charge on any atom is 0.228 e. The second kappa shape index (κ2) is 3.86. The molecule has 2 heterocycles. The van der Waals surface area contributed by atoms with Gasteiger partial charge in [0.05, 0.1) is 17.1 Å². The number of aromatic nitrogens is 1. The number of hydrogen-bond donors (Lipinski definition) is 1. The van der Waals surface area contributed by atoms with Gasteiger partial charge in [-0.25, -0.2) is 0 Å². The molecule has 1 amide bonds. The van der Waals surface area contributed by atoms with Crippen LogP contribution in [-0.4, -0.2) is 10.9 Å². The number of carbonyl (C=O) groups excluding carboxylic acids is 1. The zero-order valence-electron chi connectivity index (χ0n) is 8.90. The average Bonchev–Trinajstić information content (AvgIpc) is 2.71. The molecule has 17 heavy (non-hydrogen) atoms. The largest absolute Gasteiger partial charge is 0.324 e. The molecule has 0 radical (unpaired) electrons. The quantitative estimate of drug-likeness (QED) is 0.838. The van der Waals surface area contributed by atoms with Crippen LogP contribution in [0, 0.1) is 0 Å². The molecule has 0 aliphatic carbocycles. The fraction of sp³-hybridized carbons (Fsp3) is 0.0769. The summed E-state index contributed by atoms with van der Waals surface area (Å²) in [6.45, 7) is 0. The van der Waals surface area contributed by atoms with E-state index in [0.29, 0.717) is 11.4 Å². The molecule has 0 bridgehead atoms. The van der Waals surface area contributed by atoms with Crippen molar-refractivity contribution in [3.63, 3.8) is 0 Å². The summed E-state index contributed by atoms with van der Waals surface area (Å²) in [5.74, 6) is -0.00904. The highest BCUT2D eigenvalue weighted by Crippen LogP contribution is 2.35. The first kappa shape index (κ1) is 10.3. The van der Waals surface area contributed by atoms with Gasteiger partial charge < -0.3 is 5.32 Å². The molecule has 0 saturated carbocycles. The number of halogens is 1. The van der Waals surface area contributed by atoms with Gasteiger partial charge in [-0.2, -0.15) is 0 Å². The van der Waals surface area contributed by atoms with E-state index in [1.807, 2.05) is 24.3 Å². The molecule has 2 aromatic rings. The van der Waals surface area contributed by atoms with Gasteiger partial charge in [0.2, 0.25) is 5.91 Å². The van der Waals surface area contributed by atoms with Gasteiger partial charge in [-0.1, -0.05) is 17.7 Å². The van der Waals surface area contributed by atoms with E-state index in [4.69, 9.17) is 11.6 Å². The maximum atomic E-state index is 11.3. The Kier molecular flexibility index (Phi) is 2.34. The first-order chi connectivity index (χ1) is 8.24. The van der Waals surface area contributed by atoms with Crippen molar-refractivity contribution in [2.24, 2.45) is 0 Å². The third-order valence-electron chi connectivity index (χ3n) is 2.78. The van der Waals surface area contributed by atoms with Crippen LogP contribution >= 0.6 is 11.6 Å². The molecule has 3 rings (SSSR count). The van der Waals surface area contributed by atoms with Gasteiger partial charge in [-0.05, 0) is 29.3 Å². The topological polar surface area (TPSA) is 42.0 Å². The summed E-state index contributed by atoms with van der Waals surface area (Å²) in [5, 5.41) is 3.33. The predicted molar refractivity (Wildman–Crippen MR) is 67.0 cm³/mol. The summed E-state index contributed by atoms with van der Waals surface area (Å²) >= 11 is 6.15. The Labute approximate surface area is 103 Å². The van der Waals surface area contributed by atoms with Crippen molar-refractivity contribution in [2.75, 3.05) is 5.32 Å². The third kappa shape index (κ3) is 1.78. The van der Waals surface area contributed by atoms with E-state index in [2.05, 4.69) is 10.3 Å². The number of amides is 1. The van der Waals surface area contributed by atoms with Crippen molar-refractivity contribution in [1.29, 1.82) is 0 Å². The van der Waals surface area contributed by atoms with Gasteiger partial charge in [0.1, 0.15) is 0 Å².